The van der Waals surface area contributed by atoms with E-state index in [9.17, 15) is 0 Å². The summed E-state index contributed by atoms with van der Waals surface area (Å²) in [6.45, 7) is 16.7. The largest absolute Gasteiger partial charge is 0.382 e. The summed E-state index contributed by atoms with van der Waals surface area (Å²) in [5, 5.41) is 3.49. The number of ether oxygens (including phenoxy) is 1. The summed E-state index contributed by atoms with van der Waals surface area (Å²) in [6.07, 6.45) is 3.13. The van der Waals surface area contributed by atoms with E-state index in [4.69, 9.17) is 4.74 Å². The van der Waals surface area contributed by atoms with Crippen LogP contribution in [0.4, 0.5) is 5.95 Å². The normalized spacial score (nSPS) is 13.5. The van der Waals surface area contributed by atoms with E-state index < -0.39 is 0 Å². The van der Waals surface area contributed by atoms with Gasteiger partial charge in [0, 0.05) is 32.5 Å². The van der Waals surface area contributed by atoms with Gasteiger partial charge in [0.2, 0.25) is 5.95 Å². The highest BCUT2D eigenvalue weighted by Gasteiger charge is 2.20. The Balaban J connectivity index is 2.52. The van der Waals surface area contributed by atoms with Crippen LogP contribution in [0.1, 0.15) is 46.7 Å². The van der Waals surface area contributed by atoms with Crippen LogP contribution in [0.5, 0.6) is 0 Å². The summed E-state index contributed by atoms with van der Waals surface area (Å²) in [7, 11) is 0. The van der Waals surface area contributed by atoms with E-state index in [1.165, 1.54) is 0 Å². The molecule has 0 saturated carbocycles. The van der Waals surface area contributed by atoms with Crippen LogP contribution < -0.4 is 5.32 Å². The molecule has 1 heterocycles. The Kier molecular flexibility index (Phi) is 6.53. The van der Waals surface area contributed by atoms with Crippen molar-refractivity contribution in [3.63, 3.8) is 0 Å². The average Bonchev–Trinajstić information content (AvgIpc) is 2.71. The van der Waals surface area contributed by atoms with Crippen LogP contribution in [0, 0.1) is 18.3 Å². The highest BCUT2D eigenvalue weighted by Crippen LogP contribution is 2.25. The molecule has 0 aliphatic rings. The van der Waals surface area contributed by atoms with Gasteiger partial charge in [-0.3, -0.25) is 0 Å². The summed E-state index contributed by atoms with van der Waals surface area (Å²) in [5.41, 5.74) is 1.38. The first kappa shape index (κ1) is 17.0. The van der Waals surface area contributed by atoms with Gasteiger partial charge in [-0.05, 0) is 31.6 Å². The monoisotopic (exact) mass is 281 g/mol. The molecule has 0 fully saturated rings. The van der Waals surface area contributed by atoms with Crippen molar-refractivity contribution in [1.82, 2.24) is 9.55 Å². The van der Waals surface area contributed by atoms with E-state index in [0.29, 0.717) is 11.3 Å². The lowest BCUT2D eigenvalue weighted by Crippen LogP contribution is -2.25. The predicted octanol–water partition coefficient (Wildman–Crippen LogP) is 3.71. The van der Waals surface area contributed by atoms with Crippen molar-refractivity contribution in [2.75, 3.05) is 25.1 Å². The molecule has 0 aromatic carbocycles. The van der Waals surface area contributed by atoms with Gasteiger partial charge in [0.15, 0.2) is 0 Å². The van der Waals surface area contributed by atoms with Gasteiger partial charge in [-0.15, -0.1) is 0 Å². The molecule has 1 N–H and O–H groups in total. The third-order valence-corrected chi connectivity index (χ3v) is 3.83. The van der Waals surface area contributed by atoms with E-state index in [2.05, 4.69) is 48.8 Å². The number of anilines is 1. The van der Waals surface area contributed by atoms with Crippen LogP contribution in [0.25, 0.3) is 0 Å². The number of rotatable bonds is 8. The number of aryl methyl sites for hydroxylation is 2. The van der Waals surface area contributed by atoms with Gasteiger partial charge in [0.05, 0.1) is 5.69 Å². The fraction of sp³-hybridized carbons (Fsp3) is 0.812. The number of imidazole rings is 1. The van der Waals surface area contributed by atoms with Gasteiger partial charge in [-0.2, -0.15) is 0 Å². The van der Waals surface area contributed by atoms with Gasteiger partial charge in [-0.1, -0.05) is 27.7 Å². The van der Waals surface area contributed by atoms with Crippen molar-refractivity contribution in [3.8, 4) is 0 Å². The van der Waals surface area contributed by atoms with Crippen molar-refractivity contribution in [1.29, 1.82) is 0 Å². The van der Waals surface area contributed by atoms with Gasteiger partial charge < -0.3 is 14.6 Å². The molecule has 4 nitrogen and oxygen atoms in total. The number of nitrogens with zero attached hydrogens (tertiary/aromatic N) is 2. The Labute approximate surface area is 123 Å². The Morgan fingerprint density at radius 3 is 2.70 bits per heavy atom. The third-order valence-electron chi connectivity index (χ3n) is 3.83. The zero-order valence-corrected chi connectivity index (χ0v) is 14.0. The molecule has 0 bridgehead atoms. The van der Waals surface area contributed by atoms with Gasteiger partial charge in [0.25, 0.3) is 0 Å². The Hall–Kier alpha value is -1.03. The number of nitrogens with one attached hydrogen (secondary N) is 1. The van der Waals surface area contributed by atoms with E-state index in [0.717, 1.165) is 44.4 Å². The van der Waals surface area contributed by atoms with Gasteiger partial charge in [0.1, 0.15) is 0 Å². The first-order valence-electron chi connectivity index (χ1n) is 7.70. The lowest BCUT2D eigenvalue weighted by Gasteiger charge is -2.27. The highest BCUT2D eigenvalue weighted by atomic mass is 16.5. The first-order valence-corrected chi connectivity index (χ1v) is 7.70. The molecule has 0 aliphatic carbocycles. The van der Waals surface area contributed by atoms with Crippen molar-refractivity contribution in [2.45, 2.75) is 54.5 Å². The second-order valence-electron chi connectivity index (χ2n) is 6.60. The first-order chi connectivity index (χ1) is 9.34. The molecular formula is C16H31N3O. The molecule has 0 amide bonds. The third kappa shape index (κ3) is 5.53. The second-order valence-corrected chi connectivity index (χ2v) is 6.60. The van der Waals surface area contributed by atoms with Gasteiger partial charge >= 0.3 is 0 Å². The smallest absolute Gasteiger partial charge is 0.203 e. The van der Waals surface area contributed by atoms with Crippen LogP contribution >= 0.6 is 0 Å². The van der Waals surface area contributed by atoms with Crippen molar-refractivity contribution < 1.29 is 4.74 Å². The predicted molar refractivity (Wildman–Crippen MR) is 85.2 cm³/mol. The lowest BCUT2D eigenvalue weighted by molar-refractivity contribution is 0.142. The quantitative estimate of drug-likeness (QED) is 0.738. The molecule has 20 heavy (non-hydrogen) atoms. The van der Waals surface area contributed by atoms with Gasteiger partial charge in [-0.25, -0.2) is 4.98 Å². The molecule has 116 valence electrons. The Bertz CT molecular complexity index is 393. The summed E-state index contributed by atoms with van der Waals surface area (Å²) >= 11 is 0. The van der Waals surface area contributed by atoms with E-state index in [1.54, 1.807) is 0 Å². The highest BCUT2D eigenvalue weighted by molar-refractivity contribution is 5.28. The van der Waals surface area contributed by atoms with Crippen LogP contribution in [-0.4, -0.2) is 29.3 Å². The maximum absolute atomic E-state index is 5.39. The number of aromatic nitrogens is 2. The molecule has 0 spiro atoms. The van der Waals surface area contributed by atoms with E-state index >= 15 is 0 Å². The fourth-order valence-electron chi connectivity index (χ4n) is 1.89. The van der Waals surface area contributed by atoms with Crippen LogP contribution in [0.15, 0.2) is 6.20 Å². The summed E-state index contributed by atoms with van der Waals surface area (Å²) in [4.78, 5) is 4.57. The number of hydrogen-bond acceptors (Lipinski definition) is 3. The molecule has 1 atom stereocenters. The summed E-state index contributed by atoms with van der Waals surface area (Å²) in [6, 6.07) is 0. The minimum absolute atomic E-state index is 0.314. The zero-order valence-electron chi connectivity index (χ0n) is 14.0. The fourth-order valence-corrected chi connectivity index (χ4v) is 1.89. The molecule has 1 rings (SSSR count). The maximum atomic E-state index is 5.39. The summed E-state index contributed by atoms with van der Waals surface area (Å²) in [5.74, 6) is 1.58. The Morgan fingerprint density at radius 2 is 2.10 bits per heavy atom. The van der Waals surface area contributed by atoms with Crippen LogP contribution in [0.3, 0.4) is 0 Å². The molecule has 1 aromatic rings. The molecule has 0 saturated heterocycles. The standard InChI is InChI=1S/C16H31N3O/c1-7-20-10-8-9-19-12-14(3)18-15(19)17-11-13(2)16(4,5)6/h12-13H,7-11H2,1-6H3,(H,17,18). The Morgan fingerprint density at radius 1 is 1.40 bits per heavy atom. The van der Waals surface area contributed by atoms with Crippen LogP contribution in [-0.2, 0) is 11.3 Å². The van der Waals surface area contributed by atoms with Crippen molar-refractivity contribution >= 4 is 5.95 Å². The topological polar surface area (TPSA) is 39.1 Å². The van der Waals surface area contributed by atoms with Crippen molar-refractivity contribution in [3.05, 3.63) is 11.9 Å². The molecule has 0 radical (unpaired) electrons. The van der Waals surface area contributed by atoms with Crippen molar-refractivity contribution in [2.24, 2.45) is 11.3 Å². The average molecular weight is 281 g/mol. The molecular weight excluding hydrogens is 250 g/mol. The molecule has 1 unspecified atom stereocenters. The summed E-state index contributed by atoms with van der Waals surface area (Å²) < 4.78 is 7.59. The minimum atomic E-state index is 0.314. The maximum Gasteiger partial charge on any atom is 0.203 e. The van der Waals surface area contributed by atoms with E-state index in [1.807, 2.05) is 13.8 Å². The van der Waals surface area contributed by atoms with E-state index in [-0.39, 0.29) is 0 Å². The van der Waals surface area contributed by atoms with Crippen LogP contribution in [0.2, 0.25) is 0 Å². The second kappa shape index (κ2) is 7.67. The molecule has 1 aromatic heterocycles. The molecule has 4 heteroatoms. The molecule has 0 aliphatic heterocycles. The minimum Gasteiger partial charge on any atom is -0.382 e. The number of hydrogen-bond donors (Lipinski definition) is 1. The lowest BCUT2D eigenvalue weighted by atomic mass is 9.82. The zero-order chi connectivity index (χ0) is 15.2. The SMILES string of the molecule is CCOCCCn1cc(C)nc1NCC(C)C(C)(C)C.